The molecule has 3 heterocycles. The Morgan fingerprint density at radius 3 is 2.79 bits per heavy atom. The van der Waals surface area contributed by atoms with Crippen LogP contribution in [0.3, 0.4) is 0 Å². The van der Waals surface area contributed by atoms with Gasteiger partial charge in [-0.05, 0) is 43.5 Å². The van der Waals surface area contributed by atoms with Crippen LogP contribution in [0.1, 0.15) is 22.5 Å². The van der Waals surface area contributed by atoms with Crippen LogP contribution in [-0.4, -0.2) is 30.5 Å². The fourth-order valence-corrected chi connectivity index (χ4v) is 3.14. The van der Waals surface area contributed by atoms with Crippen molar-refractivity contribution in [2.45, 2.75) is 13.3 Å². The van der Waals surface area contributed by atoms with Crippen molar-refractivity contribution in [1.82, 2.24) is 15.6 Å². The highest BCUT2D eigenvalue weighted by Gasteiger charge is 2.12. The minimum Gasteiger partial charge on any atom is -0.348 e. The van der Waals surface area contributed by atoms with Gasteiger partial charge in [0.15, 0.2) is 0 Å². The molecule has 0 unspecified atom stereocenters. The van der Waals surface area contributed by atoms with E-state index in [-0.39, 0.29) is 30.7 Å². The fourth-order valence-electron chi connectivity index (χ4n) is 2.49. The Kier molecular flexibility index (Phi) is 8.42. The van der Waals surface area contributed by atoms with Gasteiger partial charge in [0.2, 0.25) is 0 Å². The van der Waals surface area contributed by atoms with E-state index in [1.54, 1.807) is 11.3 Å². The summed E-state index contributed by atoms with van der Waals surface area (Å²) in [5, 5.41) is 10.3. The van der Waals surface area contributed by atoms with Crippen molar-refractivity contribution in [2.24, 2.45) is 0 Å². The minimum atomic E-state index is -0.0544. The van der Waals surface area contributed by atoms with Gasteiger partial charge < -0.3 is 10.6 Å². The number of rotatable bonds is 4. The summed E-state index contributed by atoms with van der Waals surface area (Å²) in [5.41, 5.74) is 4.71. The first-order valence-corrected chi connectivity index (χ1v) is 8.35. The molecule has 7 heteroatoms. The number of nitrogens with one attached hydrogen (secondary N) is 2. The molecule has 0 bridgehead atoms. The molecule has 0 spiro atoms. The van der Waals surface area contributed by atoms with E-state index in [4.69, 9.17) is 0 Å². The molecule has 130 valence electrons. The van der Waals surface area contributed by atoms with Crippen LogP contribution in [0.2, 0.25) is 0 Å². The van der Waals surface area contributed by atoms with Gasteiger partial charge >= 0.3 is 0 Å². The lowest BCUT2D eigenvalue weighted by Gasteiger charge is -2.15. The molecule has 1 aliphatic rings. The number of aryl methyl sites for hydroxylation is 1. The van der Waals surface area contributed by atoms with Crippen molar-refractivity contribution in [1.29, 1.82) is 0 Å². The molecule has 0 aromatic carbocycles. The van der Waals surface area contributed by atoms with Gasteiger partial charge in [0.25, 0.3) is 5.91 Å². The Morgan fingerprint density at radius 1 is 1.33 bits per heavy atom. The van der Waals surface area contributed by atoms with E-state index in [2.05, 4.69) is 27.1 Å². The molecule has 2 aromatic rings. The highest BCUT2D eigenvalue weighted by atomic mass is 35.5. The number of carbonyl (C=O) groups excluding carboxylic acids is 1. The van der Waals surface area contributed by atoms with Gasteiger partial charge in [-0.2, -0.15) is 11.3 Å². The van der Waals surface area contributed by atoms with E-state index < -0.39 is 0 Å². The van der Waals surface area contributed by atoms with Crippen LogP contribution in [0.15, 0.2) is 40.6 Å². The Balaban J connectivity index is 0.00000144. The van der Waals surface area contributed by atoms with Gasteiger partial charge in [0.1, 0.15) is 0 Å². The molecule has 24 heavy (non-hydrogen) atoms. The summed E-state index contributed by atoms with van der Waals surface area (Å²) in [7, 11) is 0. The average Bonchev–Trinajstić information content (AvgIpc) is 3.08. The molecular weight excluding hydrogens is 365 g/mol. The summed E-state index contributed by atoms with van der Waals surface area (Å²) in [4.78, 5) is 16.9. The molecule has 1 aliphatic heterocycles. The molecule has 2 N–H and O–H groups in total. The maximum absolute atomic E-state index is 12.3. The summed E-state index contributed by atoms with van der Waals surface area (Å²) in [6, 6.07) is 5.81. The summed E-state index contributed by atoms with van der Waals surface area (Å²) in [6.45, 7) is 4.37. The highest BCUT2D eigenvalue weighted by Crippen LogP contribution is 2.21. The van der Waals surface area contributed by atoms with E-state index >= 15 is 0 Å². The van der Waals surface area contributed by atoms with Crippen molar-refractivity contribution >= 4 is 42.1 Å². The molecule has 3 rings (SSSR count). The third kappa shape index (κ3) is 5.05. The Morgan fingerprint density at radius 2 is 2.17 bits per heavy atom. The molecule has 0 radical (unpaired) electrons. The predicted octanol–water partition coefficient (Wildman–Crippen LogP) is 3.61. The number of amides is 1. The van der Waals surface area contributed by atoms with Crippen molar-refractivity contribution in [2.75, 3.05) is 19.6 Å². The lowest BCUT2D eigenvalue weighted by Crippen LogP contribution is -2.30. The van der Waals surface area contributed by atoms with E-state index in [0.717, 1.165) is 36.5 Å². The Labute approximate surface area is 158 Å². The van der Waals surface area contributed by atoms with E-state index in [1.807, 2.05) is 30.5 Å². The first-order valence-electron chi connectivity index (χ1n) is 7.41. The molecule has 1 amide bonds. The largest absolute Gasteiger partial charge is 0.348 e. The van der Waals surface area contributed by atoms with Crippen LogP contribution >= 0.6 is 36.2 Å². The predicted molar refractivity (Wildman–Crippen MR) is 105 cm³/mol. The van der Waals surface area contributed by atoms with Gasteiger partial charge in [-0.3, -0.25) is 9.78 Å². The van der Waals surface area contributed by atoms with Crippen molar-refractivity contribution in [3.63, 3.8) is 0 Å². The maximum Gasteiger partial charge on any atom is 0.253 e. The van der Waals surface area contributed by atoms with Crippen molar-refractivity contribution in [3.05, 3.63) is 51.9 Å². The lowest BCUT2D eigenvalue weighted by molar-refractivity contribution is 0.0955. The zero-order valence-electron chi connectivity index (χ0n) is 13.4. The smallest absolute Gasteiger partial charge is 0.253 e. The van der Waals surface area contributed by atoms with Crippen LogP contribution < -0.4 is 10.6 Å². The average molecular weight is 386 g/mol. The normalized spacial score (nSPS) is 13.3. The van der Waals surface area contributed by atoms with Crippen molar-refractivity contribution < 1.29 is 4.79 Å². The van der Waals surface area contributed by atoms with E-state index in [1.165, 1.54) is 5.57 Å². The quantitative estimate of drug-likeness (QED) is 0.790. The standard InChI is InChI=1S/C17H19N3OS.2ClH/c1-12-15(2-3-16(20-12)14-6-9-22-11-14)17(21)19-10-13-4-7-18-8-5-13;;/h2-4,6,9,11,18H,5,7-8,10H2,1H3,(H,19,21);2*1H. The van der Waals surface area contributed by atoms with E-state index in [0.29, 0.717) is 12.1 Å². The van der Waals surface area contributed by atoms with Gasteiger partial charge in [-0.1, -0.05) is 11.6 Å². The molecule has 0 aliphatic carbocycles. The second kappa shape index (κ2) is 9.79. The number of hydrogen-bond donors (Lipinski definition) is 2. The number of thiophene rings is 1. The molecule has 0 saturated heterocycles. The summed E-state index contributed by atoms with van der Waals surface area (Å²) < 4.78 is 0. The SMILES string of the molecule is Cc1nc(-c2ccsc2)ccc1C(=O)NCC1=CCNCC1.Cl.Cl. The number of carbonyl (C=O) groups is 1. The second-order valence-electron chi connectivity index (χ2n) is 5.34. The molecule has 4 nitrogen and oxygen atoms in total. The number of aromatic nitrogens is 1. The zero-order chi connectivity index (χ0) is 15.4. The zero-order valence-corrected chi connectivity index (χ0v) is 15.8. The fraction of sp³-hybridized carbons (Fsp3) is 0.294. The Hall–Kier alpha value is -1.40. The monoisotopic (exact) mass is 385 g/mol. The number of nitrogens with zero attached hydrogens (tertiary/aromatic N) is 1. The lowest BCUT2D eigenvalue weighted by atomic mass is 10.1. The van der Waals surface area contributed by atoms with Gasteiger partial charge in [0.05, 0.1) is 17.0 Å². The highest BCUT2D eigenvalue weighted by molar-refractivity contribution is 7.08. The summed E-state index contributed by atoms with van der Waals surface area (Å²) in [6.07, 6.45) is 3.14. The summed E-state index contributed by atoms with van der Waals surface area (Å²) in [5.74, 6) is -0.0544. The number of halogens is 2. The first-order chi connectivity index (χ1) is 10.7. The summed E-state index contributed by atoms with van der Waals surface area (Å²) >= 11 is 1.64. The van der Waals surface area contributed by atoms with Crippen LogP contribution in [0.25, 0.3) is 11.3 Å². The Bertz CT molecular complexity index is 702. The maximum atomic E-state index is 12.3. The van der Waals surface area contributed by atoms with Crippen molar-refractivity contribution in [3.8, 4) is 11.3 Å². The topological polar surface area (TPSA) is 54.0 Å². The first kappa shape index (κ1) is 20.6. The molecule has 0 fully saturated rings. The van der Waals surface area contributed by atoms with Crippen LogP contribution in [-0.2, 0) is 0 Å². The second-order valence-corrected chi connectivity index (χ2v) is 6.12. The van der Waals surface area contributed by atoms with E-state index in [9.17, 15) is 4.79 Å². The minimum absolute atomic E-state index is 0. The van der Waals surface area contributed by atoms with Crippen LogP contribution in [0, 0.1) is 6.92 Å². The van der Waals surface area contributed by atoms with Gasteiger partial charge in [-0.15, -0.1) is 24.8 Å². The van der Waals surface area contributed by atoms with Crippen LogP contribution in [0.5, 0.6) is 0 Å². The van der Waals surface area contributed by atoms with Gasteiger partial charge in [0, 0.05) is 24.0 Å². The number of hydrogen-bond acceptors (Lipinski definition) is 4. The van der Waals surface area contributed by atoms with Crippen LogP contribution in [0.4, 0.5) is 0 Å². The third-order valence-electron chi connectivity index (χ3n) is 3.78. The molecule has 0 atom stereocenters. The van der Waals surface area contributed by atoms with Gasteiger partial charge in [-0.25, -0.2) is 0 Å². The third-order valence-corrected chi connectivity index (χ3v) is 4.46. The molecule has 0 saturated carbocycles. The molecular formula is C17H21Cl2N3OS. The molecule has 2 aromatic heterocycles. The number of pyridine rings is 1.